The van der Waals surface area contributed by atoms with Crippen LogP contribution in [0.4, 0.5) is 0 Å². The van der Waals surface area contributed by atoms with Crippen LogP contribution in [0.2, 0.25) is 0 Å². The van der Waals surface area contributed by atoms with Gasteiger partial charge in [-0.05, 0) is 31.8 Å². The van der Waals surface area contributed by atoms with Crippen molar-refractivity contribution in [2.24, 2.45) is 5.92 Å². The summed E-state index contributed by atoms with van der Waals surface area (Å²) in [6.07, 6.45) is 9.27. The standard InChI is InChI=1S/C17H32N2/c1-15(2)11-12-17(5)18-13-9-7-8-10-14-19(6)16(3)4/h11-12,15,18H,3,5,7-10,13-14H2,1-2,4,6H3/b12-11+. The molecule has 0 rings (SSSR count). The third-order valence-electron chi connectivity index (χ3n) is 3.11. The Morgan fingerprint density at radius 3 is 2.37 bits per heavy atom. The van der Waals surface area contributed by atoms with Gasteiger partial charge >= 0.3 is 0 Å². The molecule has 0 aliphatic heterocycles. The first-order valence-corrected chi connectivity index (χ1v) is 7.41. The summed E-state index contributed by atoms with van der Waals surface area (Å²) in [5.41, 5.74) is 2.17. The molecule has 0 heterocycles. The molecule has 0 aliphatic carbocycles. The maximum absolute atomic E-state index is 3.99. The number of allylic oxidation sites excluding steroid dienone is 3. The van der Waals surface area contributed by atoms with Crippen molar-refractivity contribution in [1.82, 2.24) is 10.2 Å². The van der Waals surface area contributed by atoms with Crippen molar-refractivity contribution >= 4 is 0 Å². The lowest BCUT2D eigenvalue weighted by Crippen LogP contribution is -2.16. The van der Waals surface area contributed by atoms with Gasteiger partial charge in [0.2, 0.25) is 0 Å². The van der Waals surface area contributed by atoms with E-state index in [2.05, 4.69) is 63.3 Å². The maximum Gasteiger partial charge on any atom is 0.0263 e. The molecule has 0 aromatic carbocycles. The average molecular weight is 264 g/mol. The van der Waals surface area contributed by atoms with E-state index in [9.17, 15) is 0 Å². The molecule has 2 nitrogen and oxygen atoms in total. The maximum atomic E-state index is 3.99. The molecule has 2 heteroatoms. The molecule has 0 bridgehead atoms. The number of nitrogens with zero attached hydrogens (tertiary/aromatic N) is 1. The second-order valence-electron chi connectivity index (χ2n) is 5.63. The highest BCUT2D eigenvalue weighted by atomic mass is 15.1. The van der Waals surface area contributed by atoms with Crippen LogP contribution in [0, 0.1) is 5.92 Å². The Kier molecular flexibility index (Phi) is 10.1. The zero-order valence-electron chi connectivity index (χ0n) is 13.3. The van der Waals surface area contributed by atoms with Crippen LogP contribution in [0.5, 0.6) is 0 Å². The second-order valence-corrected chi connectivity index (χ2v) is 5.63. The topological polar surface area (TPSA) is 15.3 Å². The van der Waals surface area contributed by atoms with E-state index in [1.54, 1.807) is 0 Å². The summed E-state index contributed by atoms with van der Waals surface area (Å²) < 4.78 is 0. The minimum atomic E-state index is 0.587. The largest absolute Gasteiger partial charge is 0.386 e. The van der Waals surface area contributed by atoms with E-state index in [0.29, 0.717) is 5.92 Å². The van der Waals surface area contributed by atoms with Gasteiger partial charge in [0.05, 0.1) is 0 Å². The lowest BCUT2D eigenvalue weighted by molar-refractivity contribution is 0.400. The Bertz CT molecular complexity index is 290. The smallest absolute Gasteiger partial charge is 0.0263 e. The number of rotatable bonds is 11. The molecule has 0 aromatic heterocycles. The molecule has 0 saturated carbocycles. The Hall–Kier alpha value is -1.18. The molecule has 0 amide bonds. The summed E-state index contributed by atoms with van der Waals surface area (Å²) in [5.74, 6) is 0.587. The van der Waals surface area contributed by atoms with Gasteiger partial charge in [-0.2, -0.15) is 0 Å². The quantitative estimate of drug-likeness (QED) is 0.441. The fourth-order valence-electron chi connectivity index (χ4n) is 1.63. The van der Waals surface area contributed by atoms with E-state index in [4.69, 9.17) is 0 Å². The number of hydrogen-bond donors (Lipinski definition) is 1. The van der Waals surface area contributed by atoms with Crippen molar-refractivity contribution in [1.29, 1.82) is 0 Å². The van der Waals surface area contributed by atoms with Crippen LogP contribution in [0.3, 0.4) is 0 Å². The van der Waals surface area contributed by atoms with Gasteiger partial charge in [-0.3, -0.25) is 0 Å². The van der Waals surface area contributed by atoms with E-state index >= 15 is 0 Å². The Morgan fingerprint density at radius 1 is 1.16 bits per heavy atom. The molecular formula is C17H32N2. The molecule has 1 N–H and O–H groups in total. The average Bonchev–Trinajstić information content (AvgIpc) is 2.34. The summed E-state index contributed by atoms with van der Waals surface area (Å²) >= 11 is 0. The lowest BCUT2D eigenvalue weighted by Gasteiger charge is -2.18. The normalized spacial score (nSPS) is 11.0. The first-order valence-electron chi connectivity index (χ1n) is 7.41. The number of unbranched alkanes of at least 4 members (excludes halogenated alkanes) is 3. The summed E-state index contributed by atoms with van der Waals surface area (Å²) in [5, 5.41) is 3.35. The van der Waals surface area contributed by atoms with Crippen LogP contribution < -0.4 is 5.32 Å². The fourth-order valence-corrected chi connectivity index (χ4v) is 1.63. The first kappa shape index (κ1) is 17.8. The van der Waals surface area contributed by atoms with Crippen LogP contribution in [-0.2, 0) is 0 Å². The molecule has 0 saturated heterocycles. The molecule has 19 heavy (non-hydrogen) atoms. The zero-order valence-corrected chi connectivity index (χ0v) is 13.3. The lowest BCUT2D eigenvalue weighted by atomic mass is 10.2. The molecule has 0 aliphatic rings. The fraction of sp³-hybridized carbons (Fsp3) is 0.647. The number of nitrogens with one attached hydrogen (secondary N) is 1. The Balaban J connectivity index is 3.41. The molecule has 110 valence electrons. The van der Waals surface area contributed by atoms with E-state index in [-0.39, 0.29) is 0 Å². The molecule has 0 aromatic rings. The van der Waals surface area contributed by atoms with Gasteiger partial charge in [0, 0.05) is 31.5 Å². The highest BCUT2D eigenvalue weighted by Crippen LogP contribution is 2.04. The van der Waals surface area contributed by atoms with Gasteiger partial charge in [0.15, 0.2) is 0 Å². The van der Waals surface area contributed by atoms with Gasteiger partial charge in [-0.25, -0.2) is 0 Å². The summed E-state index contributed by atoms with van der Waals surface area (Å²) in [4.78, 5) is 2.22. The van der Waals surface area contributed by atoms with Crippen LogP contribution >= 0.6 is 0 Å². The number of hydrogen-bond acceptors (Lipinski definition) is 2. The van der Waals surface area contributed by atoms with Gasteiger partial charge in [-0.15, -0.1) is 0 Å². The first-order chi connectivity index (χ1) is 8.93. The van der Waals surface area contributed by atoms with Crippen molar-refractivity contribution in [2.75, 3.05) is 20.1 Å². The van der Waals surface area contributed by atoms with Gasteiger partial charge in [0.1, 0.15) is 0 Å². The van der Waals surface area contributed by atoms with Gasteiger partial charge in [-0.1, -0.05) is 45.9 Å². The zero-order chi connectivity index (χ0) is 14.7. The van der Waals surface area contributed by atoms with Crippen LogP contribution in [0.25, 0.3) is 0 Å². The Labute approximate surface area is 120 Å². The van der Waals surface area contributed by atoms with Crippen LogP contribution in [0.15, 0.2) is 36.7 Å². The van der Waals surface area contributed by atoms with Crippen molar-refractivity contribution in [2.45, 2.75) is 46.5 Å². The SMILES string of the molecule is C=C(/C=C/C(C)C)NCCCCCCN(C)C(=C)C. The minimum absolute atomic E-state index is 0.587. The van der Waals surface area contributed by atoms with Gasteiger partial charge in [0.25, 0.3) is 0 Å². The summed E-state index contributed by atoms with van der Waals surface area (Å²) in [6.45, 7) is 16.5. The van der Waals surface area contributed by atoms with E-state index in [0.717, 1.165) is 24.5 Å². The third kappa shape index (κ3) is 11.6. The van der Waals surface area contributed by atoms with E-state index in [1.807, 2.05) is 0 Å². The van der Waals surface area contributed by atoms with Crippen molar-refractivity contribution in [3.05, 3.63) is 36.7 Å². The molecular weight excluding hydrogens is 232 g/mol. The van der Waals surface area contributed by atoms with Crippen molar-refractivity contribution < 1.29 is 0 Å². The third-order valence-corrected chi connectivity index (χ3v) is 3.11. The van der Waals surface area contributed by atoms with E-state index in [1.165, 1.54) is 25.7 Å². The summed E-state index contributed by atoms with van der Waals surface area (Å²) in [6, 6.07) is 0. The van der Waals surface area contributed by atoms with Crippen molar-refractivity contribution in [3.8, 4) is 0 Å². The minimum Gasteiger partial charge on any atom is -0.386 e. The molecule has 0 unspecified atom stereocenters. The Morgan fingerprint density at radius 2 is 1.79 bits per heavy atom. The molecule has 0 fully saturated rings. The monoisotopic (exact) mass is 264 g/mol. The molecule has 0 atom stereocenters. The van der Waals surface area contributed by atoms with Crippen LogP contribution in [0.1, 0.15) is 46.5 Å². The van der Waals surface area contributed by atoms with Crippen LogP contribution in [-0.4, -0.2) is 25.0 Å². The summed E-state index contributed by atoms with van der Waals surface area (Å²) in [7, 11) is 2.11. The highest BCUT2D eigenvalue weighted by molar-refractivity contribution is 5.12. The van der Waals surface area contributed by atoms with Gasteiger partial charge < -0.3 is 10.2 Å². The second kappa shape index (κ2) is 10.7. The molecule has 0 spiro atoms. The van der Waals surface area contributed by atoms with E-state index < -0.39 is 0 Å². The van der Waals surface area contributed by atoms with Crippen molar-refractivity contribution in [3.63, 3.8) is 0 Å². The predicted molar refractivity (Wildman–Crippen MR) is 87.0 cm³/mol. The predicted octanol–water partition coefficient (Wildman–Crippen LogP) is 4.33. The molecule has 0 radical (unpaired) electrons. The highest BCUT2D eigenvalue weighted by Gasteiger charge is 1.96.